The largest absolute Gasteiger partial charge is 0.471 e. The van der Waals surface area contributed by atoms with E-state index in [4.69, 9.17) is 4.74 Å². The number of hydrogen-bond acceptors (Lipinski definition) is 3. The molecule has 1 heterocycles. The van der Waals surface area contributed by atoms with Gasteiger partial charge in [0.15, 0.2) is 0 Å². The average molecular weight is 223 g/mol. The topological polar surface area (TPSA) is 42.4 Å². The number of ether oxygens (including phenoxy) is 1. The molecule has 0 saturated heterocycles. The molecular formula is C13H21NO2. The lowest BCUT2D eigenvalue weighted by atomic mass is 10.1. The Morgan fingerprint density at radius 1 is 1.38 bits per heavy atom. The van der Waals surface area contributed by atoms with Crippen LogP contribution in [0, 0.1) is 13.8 Å². The van der Waals surface area contributed by atoms with Crippen molar-refractivity contribution in [1.29, 1.82) is 0 Å². The van der Waals surface area contributed by atoms with Gasteiger partial charge in [0.25, 0.3) is 0 Å². The lowest BCUT2D eigenvalue weighted by Gasteiger charge is -2.26. The van der Waals surface area contributed by atoms with Crippen molar-refractivity contribution in [3.8, 4) is 5.88 Å². The summed E-state index contributed by atoms with van der Waals surface area (Å²) in [6.07, 6.45) is 0.895. The Labute approximate surface area is 97.5 Å². The van der Waals surface area contributed by atoms with Crippen molar-refractivity contribution in [1.82, 2.24) is 4.98 Å². The van der Waals surface area contributed by atoms with E-state index in [1.54, 1.807) is 0 Å². The van der Waals surface area contributed by atoms with Crippen LogP contribution in [0.2, 0.25) is 0 Å². The van der Waals surface area contributed by atoms with Crippen LogP contribution in [0.4, 0.5) is 0 Å². The van der Waals surface area contributed by atoms with E-state index in [9.17, 15) is 5.11 Å². The van der Waals surface area contributed by atoms with Crippen LogP contribution in [0.5, 0.6) is 5.88 Å². The van der Waals surface area contributed by atoms with Gasteiger partial charge in [0, 0.05) is 11.3 Å². The molecular weight excluding hydrogens is 202 g/mol. The predicted octanol–water partition coefficient (Wildman–Crippen LogP) is 2.76. The lowest BCUT2D eigenvalue weighted by molar-refractivity contribution is 0.0948. The van der Waals surface area contributed by atoms with Crippen molar-refractivity contribution in [2.75, 3.05) is 0 Å². The van der Waals surface area contributed by atoms with Crippen LogP contribution in [0.3, 0.4) is 0 Å². The van der Waals surface area contributed by atoms with Crippen LogP contribution in [0.15, 0.2) is 6.07 Å². The first-order chi connectivity index (χ1) is 7.39. The van der Waals surface area contributed by atoms with Crippen LogP contribution in [-0.2, 0) is 6.61 Å². The first-order valence-electron chi connectivity index (χ1n) is 5.66. The van der Waals surface area contributed by atoms with E-state index in [1.807, 2.05) is 33.8 Å². The molecule has 0 aliphatic heterocycles. The van der Waals surface area contributed by atoms with Crippen LogP contribution >= 0.6 is 0 Å². The summed E-state index contributed by atoms with van der Waals surface area (Å²) in [6.45, 7) is 9.97. The van der Waals surface area contributed by atoms with E-state index in [-0.39, 0.29) is 12.2 Å². The fraction of sp³-hybridized carbons (Fsp3) is 0.615. The minimum absolute atomic E-state index is 0.0335. The van der Waals surface area contributed by atoms with E-state index in [2.05, 4.69) is 11.9 Å². The second-order valence-corrected chi connectivity index (χ2v) is 4.74. The van der Waals surface area contributed by atoms with Gasteiger partial charge in [-0.15, -0.1) is 0 Å². The van der Waals surface area contributed by atoms with Crippen molar-refractivity contribution < 1.29 is 9.84 Å². The van der Waals surface area contributed by atoms with Crippen LogP contribution < -0.4 is 4.74 Å². The van der Waals surface area contributed by atoms with E-state index < -0.39 is 0 Å². The molecule has 90 valence electrons. The highest BCUT2D eigenvalue weighted by atomic mass is 16.5. The molecule has 0 aromatic carbocycles. The fourth-order valence-electron chi connectivity index (χ4n) is 1.44. The van der Waals surface area contributed by atoms with Crippen LogP contribution in [0.25, 0.3) is 0 Å². The number of nitrogens with zero attached hydrogens (tertiary/aromatic N) is 1. The molecule has 1 N–H and O–H groups in total. The summed E-state index contributed by atoms with van der Waals surface area (Å²) < 4.78 is 5.86. The number of hydrogen-bond donors (Lipinski definition) is 1. The molecule has 0 atom stereocenters. The van der Waals surface area contributed by atoms with Gasteiger partial charge in [0.05, 0.1) is 6.61 Å². The molecule has 0 amide bonds. The van der Waals surface area contributed by atoms with Gasteiger partial charge in [-0.1, -0.05) is 6.92 Å². The molecule has 0 aliphatic rings. The van der Waals surface area contributed by atoms with Crippen LogP contribution in [0.1, 0.15) is 44.0 Å². The average Bonchev–Trinajstić information content (AvgIpc) is 2.16. The molecule has 1 rings (SSSR count). The predicted molar refractivity (Wildman–Crippen MR) is 64.6 cm³/mol. The Morgan fingerprint density at radius 3 is 2.50 bits per heavy atom. The summed E-state index contributed by atoms with van der Waals surface area (Å²) in [5.41, 5.74) is 2.47. The van der Waals surface area contributed by atoms with Gasteiger partial charge in [0.1, 0.15) is 5.60 Å². The summed E-state index contributed by atoms with van der Waals surface area (Å²) >= 11 is 0. The second-order valence-electron chi connectivity index (χ2n) is 4.74. The zero-order chi connectivity index (χ0) is 12.3. The maximum absolute atomic E-state index is 9.34. The minimum atomic E-state index is -0.253. The molecule has 0 unspecified atom stereocenters. The highest BCUT2D eigenvalue weighted by Crippen LogP contribution is 2.26. The van der Waals surface area contributed by atoms with Crippen molar-refractivity contribution in [3.05, 3.63) is 22.9 Å². The van der Waals surface area contributed by atoms with Gasteiger partial charge >= 0.3 is 0 Å². The standard InChI is InChI=1S/C13H21NO2/c1-6-13(4,5)16-12-11(8-15)9(2)7-10(3)14-12/h7,15H,6,8H2,1-5H3. The number of aromatic nitrogens is 1. The number of aliphatic hydroxyl groups excluding tert-OH is 1. The van der Waals surface area contributed by atoms with Gasteiger partial charge < -0.3 is 9.84 Å². The molecule has 0 fully saturated rings. The Hall–Kier alpha value is -1.09. The van der Waals surface area contributed by atoms with Gasteiger partial charge in [0.2, 0.25) is 5.88 Å². The van der Waals surface area contributed by atoms with E-state index >= 15 is 0 Å². The van der Waals surface area contributed by atoms with Crippen LogP contribution in [-0.4, -0.2) is 15.7 Å². The highest BCUT2D eigenvalue weighted by molar-refractivity contribution is 5.35. The van der Waals surface area contributed by atoms with Gasteiger partial charge in [-0.2, -0.15) is 0 Å². The molecule has 3 heteroatoms. The number of rotatable bonds is 4. The molecule has 3 nitrogen and oxygen atoms in total. The summed E-state index contributed by atoms with van der Waals surface area (Å²) in [6, 6.07) is 1.96. The Morgan fingerprint density at radius 2 is 2.00 bits per heavy atom. The number of aliphatic hydroxyl groups is 1. The first-order valence-corrected chi connectivity index (χ1v) is 5.66. The molecule has 0 radical (unpaired) electrons. The summed E-state index contributed by atoms with van der Waals surface area (Å²) in [4.78, 5) is 4.36. The lowest BCUT2D eigenvalue weighted by Crippen LogP contribution is -2.28. The summed E-state index contributed by atoms with van der Waals surface area (Å²) in [5.74, 6) is 0.562. The van der Waals surface area contributed by atoms with E-state index in [0.717, 1.165) is 23.2 Å². The fourth-order valence-corrected chi connectivity index (χ4v) is 1.44. The Balaban J connectivity index is 3.12. The van der Waals surface area contributed by atoms with Crippen molar-refractivity contribution >= 4 is 0 Å². The molecule has 0 bridgehead atoms. The second kappa shape index (κ2) is 4.83. The number of pyridine rings is 1. The van der Waals surface area contributed by atoms with Gasteiger partial charge in [-0.05, 0) is 45.7 Å². The zero-order valence-corrected chi connectivity index (χ0v) is 10.8. The normalized spacial score (nSPS) is 11.6. The monoisotopic (exact) mass is 223 g/mol. The maximum Gasteiger partial charge on any atom is 0.219 e. The third-order valence-electron chi connectivity index (χ3n) is 2.82. The van der Waals surface area contributed by atoms with Crippen molar-refractivity contribution in [2.24, 2.45) is 0 Å². The number of aryl methyl sites for hydroxylation is 2. The molecule has 16 heavy (non-hydrogen) atoms. The van der Waals surface area contributed by atoms with Crippen molar-refractivity contribution in [2.45, 2.75) is 53.2 Å². The molecule has 0 saturated carbocycles. The van der Waals surface area contributed by atoms with Gasteiger partial charge in [-0.3, -0.25) is 0 Å². The molecule has 0 spiro atoms. The molecule has 1 aromatic rings. The van der Waals surface area contributed by atoms with E-state index in [1.165, 1.54) is 0 Å². The first kappa shape index (κ1) is 13.0. The van der Waals surface area contributed by atoms with Gasteiger partial charge in [-0.25, -0.2) is 4.98 Å². The Kier molecular flexibility index (Phi) is 3.92. The molecule has 1 aromatic heterocycles. The maximum atomic E-state index is 9.34. The quantitative estimate of drug-likeness (QED) is 0.853. The van der Waals surface area contributed by atoms with Crippen molar-refractivity contribution in [3.63, 3.8) is 0 Å². The highest BCUT2D eigenvalue weighted by Gasteiger charge is 2.20. The smallest absolute Gasteiger partial charge is 0.219 e. The third-order valence-corrected chi connectivity index (χ3v) is 2.82. The summed E-state index contributed by atoms with van der Waals surface area (Å²) in [7, 11) is 0. The zero-order valence-electron chi connectivity index (χ0n) is 10.8. The van der Waals surface area contributed by atoms with E-state index in [0.29, 0.717) is 5.88 Å². The Bertz CT molecular complexity index is 372. The summed E-state index contributed by atoms with van der Waals surface area (Å²) in [5, 5.41) is 9.34. The molecule has 0 aliphatic carbocycles. The minimum Gasteiger partial charge on any atom is -0.471 e. The SMILES string of the molecule is CCC(C)(C)Oc1nc(C)cc(C)c1CO. The third kappa shape index (κ3) is 2.95.